The summed E-state index contributed by atoms with van der Waals surface area (Å²) in [4.78, 5) is 38.3. The van der Waals surface area contributed by atoms with Crippen molar-refractivity contribution >= 4 is 27.9 Å². The standard InChI is InChI=1S/C22H20N4O5S/c1-12-6-7-13(11-14(12)26(29)30)17-16-18(23(2)22(28)24(3)21(16)27)19-20(15-5-4-10-32-15)31-9-8-25(17)19/h4-7,10-11,20H,8-9H2,1-3H3/t20-/m1/s1. The average Bonchev–Trinajstić information content (AvgIpc) is 3.43. The molecule has 0 unspecified atom stereocenters. The Morgan fingerprint density at radius 1 is 1.19 bits per heavy atom. The van der Waals surface area contributed by atoms with Crippen LogP contribution < -0.4 is 11.2 Å². The van der Waals surface area contributed by atoms with E-state index in [0.29, 0.717) is 46.6 Å². The number of rotatable bonds is 3. The first-order valence-corrected chi connectivity index (χ1v) is 10.9. The van der Waals surface area contributed by atoms with Crippen molar-refractivity contribution < 1.29 is 9.66 Å². The molecule has 9 nitrogen and oxygen atoms in total. The normalized spacial score (nSPS) is 15.8. The number of thiophene rings is 1. The van der Waals surface area contributed by atoms with Gasteiger partial charge in [-0.05, 0) is 18.4 Å². The van der Waals surface area contributed by atoms with Gasteiger partial charge in [-0.3, -0.25) is 24.0 Å². The molecule has 4 heterocycles. The number of hydrogen-bond acceptors (Lipinski definition) is 6. The maximum Gasteiger partial charge on any atom is 0.331 e. The van der Waals surface area contributed by atoms with Crippen LogP contribution in [0.2, 0.25) is 0 Å². The molecule has 3 aromatic heterocycles. The monoisotopic (exact) mass is 452 g/mol. The highest BCUT2D eigenvalue weighted by atomic mass is 32.1. The Morgan fingerprint density at radius 3 is 2.66 bits per heavy atom. The second-order valence-corrected chi connectivity index (χ2v) is 8.82. The Morgan fingerprint density at radius 2 is 1.97 bits per heavy atom. The largest absolute Gasteiger partial charge is 0.364 e. The van der Waals surface area contributed by atoms with Crippen LogP contribution in [0, 0.1) is 17.0 Å². The van der Waals surface area contributed by atoms with Crippen LogP contribution in [0.15, 0.2) is 45.3 Å². The molecule has 32 heavy (non-hydrogen) atoms. The third-order valence-electron chi connectivity index (χ3n) is 6.03. The first-order chi connectivity index (χ1) is 15.3. The van der Waals surface area contributed by atoms with Crippen LogP contribution in [0.1, 0.15) is 22.2 Å². The number of aromatic nitrogens is 3. The molecule has 0 saturated carbocycles. The van der Waals surface area contributed by atoms with Gasteiger partial charge in [0.15, 0.2) is 0 Å². The van der Waals surface area contributed by atoms with Crippen LogP contribution in [0.25, 0.3) is 22.2 Å². The highest BCUT2D eigenvalue weighted by Gasteiger charge is 2.33. The van der Waals surface area contributed by atoms with E-state index in [1.54, 1.807) is 26.1 Å². The molecule has 0 N–H and O–H groups in total. The van der Waals surface area contributed by atoms with Crippen LogP contribution in [0.5, 0.6) is 0 Å². The summed E-state index contributed by atoms with van der Waals surface area (Å²) < 4.78 is 10.6. The third-order valence-corrected chi connectivity index (χ3v) is 6.95. The summed E-state index contributed by atoms with van der Waals surface area (Å²) in [6.45, 7) is 2.54. The van der Waals surface area contributed by atoms with Gasteiger partial charge in [0.05, 0.1) is 33.8 Å². The number of hydrogen-bond donors (Lipinski definition) is 0. The molecule has 0 radical (unpaired) electrons. The lowest BCUT2D eigenvalue weighted by Gasteiger charge is -2.26. The van der Waals surface area contributed by atoms with Gasteiger partial charge >= 0.3 is 5.69 Å². The van der Waals surface area contributed by atoms with Gasteiger partial charge in [0.1, 0.15) is 6.10 Å². The summed E-state index contributed by atoms with van der Waals surface area (Å²) in [7, 11) is 3.07. The predicted molar refractivity (Wildman–Crippen MR) is 121 cm³/mol. The van der Waals surface area contributed by atoms with Crippen molar-refractivity contribution in [3.05, 3.63) is 82.8 Å². The van der Waals surface area contributed by atoms with E-state index in [-0.39, 0.29) is 5.69 Å². The Hall–Kier alpha value is -3.50. The van der Waals surface area contributed by atoms with Gasteiger partial charge in [-0.25, -0.2) is 4.79 Å². The minimum Gasteiger partial charge on any atom is -0.364 e. The molecular formula is C22H20N4O5S. The molecule has 0 saturated heterocycles. The van der Waals surface area contributed by atoms with Gasteiger partial charge in [-0.1, -0.05) is 18.2 Å². The molecule has 164 valence electrons. The Balaban J connectivity index is 1.96. The zero-order valence-electron chi connectivity index (χ0n) is 17.7. The molecule has 0 aliphatic carbocycles. The van der Waals surface area contributed by atoms with Gasteiger partial charge in [-0.15, -0.1) is 11.3 Å². The summed E-state index contributed by atoms with van der Waals surface area (Å²) >= 11 is 1.53. The molecule has 1 aliphatic heterocycles. The maximum absolute atomic E-state index is 13.4. The minimum absolute atomic E-state index is 0.0188. The fourth-order valence-corrected chi connectivity index (χ4v) is 5.27. The summed E-state index contributed by atoms with van der Waals surface area (Å²) in [5.41, 5.74) is 1.98. The van der Waals surface area contributed by atoms with Gasteiger partial charge in [0, 0.05) is 42.7 Å². The molecule has 1 aromatic carbocycles. The number of nitro benzene ring substituents is 1. The lowest BCUT2D eigenvalue weighted by Crippen LogP contribution is -2.37. The van der Waals surface area contributed by atoms with Crippen LogP contribution in [0.3, 0.4) is 0 Å². The van der Waals surface area contributed by atoms with E-state index >= 15 is 0 Å². The number of fused-ring (bicyclic) bond motifs is 3. The second-order valence-electron chi connectivity index (χ2n) is 7.84. The van der Waals surface area contributed by atoms with Crippen molar-refractivity contribution in [1.82, 2.24) is 13.7 Å². The Labute approximate surface area is 185 Å². The fraction of sp³-hybridized carbons (Fsp3) is 0.273. The second kappa shape index (κ2) is 7.28. The van der Waals surface area contributed by atoms with Crippen molar-refractivity contribution in [1.29, 1.82) is 0 Å². The number of ether oxygens (including phenoxy) is 1. The van der Waals surface area contributed by atoms with E-state index in [1.807, 2.05) is 22.1 Å². The molecule has 5 rings (SSSR count). The number of nitro groups is 1. The highest BCUT2D eigenvalue weighted by Crippen LogP contribution is 2.42. The Kier molecular flexibility index (Phi) is 4.64. The lowest BCUT2D eigenvalue weighted by molar-refractivity contribution is -0.385. The summed E-state index contributed by atoms with van der Waals surface area (Å²) in [5, 5.41) is 13.9. The maximum atomic E-state index is 13.4. The highest BCUT2D eigenvalue weighted by molar-refractivity contribution is 7.10. The predicted octanol–water partition coefficient (Wildman–Crippen LogP) is 3.10. The zero-order chi connectivity index (χ0) is 22.7. The SMILES string of the molecule is Cc1ccc(-c2c3c(=O)n(C)c(=O)n(C)c3c3n2CCO[C@@H]3c2cccs2)cc1[N+](=O)[O-]. The molecule has 0 spiro atoms. The van der Waals surface area contributed by atoms with E-state index in [1.165, 1.54) is 29.0 Å². The first kappa shape index (κ1) is 20.4. The van der Waals surface area contributed by atoms with Crippen LogP contribution in [0.4, 0.5) is 5.69 Å². The number of nitrogens with zero attached hydrogens (tertiary/aromatic N) is 4. The molecule has 0 fully saturated rings. The summed E-state index contributed by atoms with van der Waals surface area (Å²) in [6.07, 6.45) is -0.446. The quantitative estimate of drug-likeness (QED) is 0.351. The lowest BCUT2D eigenvalue weighted by atomic mass is 10.1. The van der Waals surface area contributed by atoms with Gasteiger partial charge < -0.3 is 9.30 Å². The molecule has 10 heteroatoms. The summed E-state index contributed by atoms with van der Waals surface area (Å²) in [6, 6.07) is 8.85. The topological polar surface area (TPSA) is 101 Å². The average molecular weight is 452 g/mol. The van der Waals surface area contributed by atoms with Gasteiger partial charge in [-0.2, -0.15) is 0 Å². The van der Waals surface area contributed by atoms with Gasteiger partial charge in [0.2, 0.25) is 0 Å². The fourth-order valence-electron chi connectivity index (χ4n) is 4.49. The molecule has 0 amide bonds. The van der Waals surface area contributed by atoms with E-state index in [4.69, 9.17) is 4.74 Å². The van der Waals surface area contributed by atoms with Crippen molar-refractivity contribution in [3.8, 4) is 11.3 Å². The van der Waals surface area contributed by atoms with Crippen LogP contribution in [-0.4, -0.2) is 25.2 Å². The molecule has 1 aliphatic rings. The van der Waals surface area contributed by atoms with E-state index in [2.05, 4.69) is 0 Å². The van der Waals surface area contributed by atoms with Crippen LogP contribution in [-0.2, 0) is 25.4 Å². The van der Waals surface area contributed by atoms with E-state index in [0.717, 1.165) is 9.44 Å². The number of benzene rings is 1. The molecule has 0 bridgehead atoms. The first-order valence-electron chi connectivity index (χ1n) is 10.0. The Bertz CT molecular complexity index is 1510. The minimum atomic E-state index is -0.446. The third kappa shape index (κ3) is 2.80. The summed E-state index contributed by atoms with van der Waals surface area (Å²) in [5.74, 6) is 0. The zero-order valence-corrected chi connectivity index (χ0v) is 18.5. The van der Waals surface area contributed by atoms with Crippen molar-refractivity contribution in [2.75, 3.05) is 6.61 Å². The smallest absolute Gasteiger partial charge is 0.331 e. The molecule has 1 atom stereocenters. The molecular weight excluding hydrogens is 432 g/mol. The molecule has 4 aromatic rings. The van der Waals surface area contributed by atoms with E-state index in [9.17, 15) is 19.7 Å². The van der Waals surface area contributed by atoms with Crippen LogP contribution >= 0.6 is 11.3 Å². The van der Waals surface area contributed by atoms with Gasteiger partial charge in [0.25, 0.3) is 11.2 Å². The van der Waals surface area contributed by atoms with E-state index < -0.39 is 22.3 Å². The van der Waals surface area contributed by atoms with Crippen molar-refractivity contribution in [2.45, 2.75) is 19.6 Å². The van der Waals surface area contributed by atoms with Crippen molar-refractivity contribution in [2.24, 2.45) is 14.1 Å². The number of aryl methyl sites for hydroxylation is 2. The van der Waals surface area contributed by atoms with Crippen molar-refractivity contribution in [3.63, 3.8) is 0 Å².